The lowest BCUT2D eigenvalue weighted by atomic mass is 10.0. The molecule has 0 saturated carbocycles. The van der Waals surface area contributed by atoms with Gasteiger partial charge in [0.2, 0.25) is 0 Å². The van der Waals surface area contributed by atoms with Crippen molar-refractivity contribution in [2.75, 3.05) is 18.9 Å². The maximum absolute atomic E-state index is 12.7. The Kier molecular flexibility index (Phi) is 9.72. The number of benzene rings is 2. The lowest BCUT2D eigenvalue weighted by molar-refractivity contribution is 0.104. The molecule has 4 heteroatoms. The predicted octanol–water partition coefficient (Wildman–Crippen LogP) is 6.25. The summed E-state index contributed by atoms with van der Waals surface area (Å²) < 4.78 is 12.2. The Hall–Kier alpha value is -3.01. The van der Waals surface area contributed by atoms with Crippen LogP contribution >= 0.6 is 0 Å². The lowest BCUT2D eigenvalue weighted by Crippen LogP contribution is -2.05. The van der Waals surface area contributed by atoms with Crippen LogP contribution in [0, 0.1) is 0 Å². The highest BCUT2D eigenvalue weighted by molar-refractivity contribution is 6.07. The van der Waals surface area contributed by atoms with Crippen LogP contribution in [0.5, 0.6) is 11.5 Å². The van der Waals surface area contributed by atoms with E-state index >= 15 is 0 Å². The predicted molar refractivity (Wildman–Crippen MR) is 125 cm³/mol. The molecular weight excluding hydrogens is 374 g/mol. The number of nitrogen functional groups attached to an aromatic ring is 1. The van der Waals surface area contributed by atoms with Gasteiger partial charge in [-0.15, -0.1) is 6.58 Å². The summed E-state index contributed by atoms with van der Waals surface area (Å²) in [6.07, 6.45) is 9.93. The SMILES string of the molecule is C=CCc1ccc(OCCCC)c(/C=C/C(=O)c2ccc(N)cc2)c1OCCCC. The van der Waals surface area contributed by atoms with Gasteiger partial charge in [-0.25, -0.2) is 0 Å². The van der Waals surface area contributed by atoms with E-state index in [2.05, 4.69) is 20.4 Å². The second-order valence-electron chi connectivity index (χ2n) is 7.18. The van der Waals surface area contributed by atoms with E-state index in [-0.39, 0.29) is 5.78 Å². The van der Waals surface area contributed by atoms with E-state index in [1.54, 1.807) is 36.4 Å². The summed E-state index contributed by atoms with van der Waals surface area (Å²) in [6.45, 7) is 9.35. The molecule has 2 rings (SSSR count). The van der Waals surface area contributed by atoms with Crippen molar-refractivity contribution >= 4 is 17.5 Å². The molecular formula is C26H33NO3. The van der Waals surface area contributed by atoms with Crippen LogP contribution in [0.25, 0.3) is 6.08 Å². The minimum atomic E-state index is -0.0943. The maximum atomic E-state index is 12.7. The minimum Gasteiger partial charge on any atom is -0.493 e. The molecule has 0 amide bonds. The number of carbonyl (C=O) groups excluding carboxylic acids is 1. The molecule has 2 N–H and O–H groups in total. The fourth-order valence-corrected chi connectivity index (χ4v) is 2.94. The van der Waals surface area contributed by atoms with Gasteiger partial charge in [-0.2, -0.15) is 0 Å². The van der Waals surface area contributed by atoms with Crippen molar-refractivity contribution in [1.82, 2.24) is 0 Å². The number of hydrogen-bond donors (Lipinski definition) is 1. The number of carbonyl (C=O) groups is 1. The molecule has 2 aromatic rings. The zero-order valence-electron chi connectivity index (χ0n) is 18.2. The van der Waals surface area contributed by atoms with Crippen LogP contribution in [0.3, 0.4) is 0 Å². The van der Waals surface area contributed by atoms with E-state index in [1.165, 1.54) is 0 Å². The average molecular weight is 408 g/mol. The molecule has 0 spiro atoms. The number of nitrogens with two attached hydrogens (primary N) is 1. The Labute approximate surface area is 180 Å². The number of rotatable bonds is 13. The Morgan fingerprint density at radius 1 is 1.00 bits per heavy atom. The van der Waals surface area contributed by atoms with Gasteiger partial charge in [0.25, 0.3) is 0 Å². The van der Waals surface area contributed by atoms with Crippen LogP contribution in [-0.2, 0) is 6.42 Å². The molecule has 0 fully saturated rings. The van der Waals surface area contributed by atoms with Crippen LogP contribution in [-0.4, -0.2) is 19.0 Å². The molecule has 0 heterocycles. The average Bonchev–Trinajstić information content (AvgIpc) is 2.75. The first-order valence-electron chi connectivity index (χ1n) is 10.7. The van der Waals surface area contributed by atoms with Gasteiger partial charge >= 0.3 is 0 Å². The molecule has 0 aliphatic rings. The molecule has 0 atom stereocenters. The van der Waals surface area contributed by atoms with E-state index in [0.29, 0.717) is 30.9 Å². The zero-order chi connectivity index (χ0) is 21.8. The van der Waals surface area contributed by atoms with Crippen molar-refractivity contribution in [3.63, 3.8) is 0 Å². The highest BCUT2D eigenvalue weighted by atomic mass is 16.5. The molecule has 0 radical (unpaired) electrons. The fraction of sp³-hybridized carbons (Fsp3) is 0.346. The Morgan fingerprint density at radius 2 is 1.67 bits per heavy atom. The summed E-state index contributed by atoms with van der Waals surface area (Å²) in [7, 11) is 0. The van der Waals surface area contributed by atoms with Crippen molar-refractivity contribution < 1.29 is 14.3 Å². The summed E-state index contributed by atoms with van der Waals surface area (Å²) in [6, 6.07) is 10.9. The molecule has 4 nitrogen and oxygen atoms in total. The third kappa shape index (κ3) is 6.80. The van der Waals surface area contributed by atoms with Crippen LogP contribution in [0.15, 0.2) is 55.1 Å². The number of anilines is 1. The van der Waals surface area contributed by atoms with Crippen molar-refractivity contribution in [3.8, 4) is 11.5 Å². The van der Waals surface area contributed by atoms with Gasteiger partial charge in [0.1, 0.15) is 11.5 Å². The van der Waals surface area contributed by atoms with Crippen LogP contribution in [0.1, 0.15) is 61.0 Å². The van der Waals surface area contributed by atoms with Gasteiger partial charge in [-0.05, 0) is 67.3 Å². The van der Waals surface area contributed by atoms with Crippen molar-refractivity contribution in [2.45, 2.75) is 46.0 Å². The van der Waals surface area contributed by atoms with Crippen molar-refractivity contribution in [2.24, 2.45) is 0 Å². The Balaban J connectivity index is 2.41. The van der Waals surface area contributed by atoms with Gasteiger partial charge in [-0.1, -0.05) is 38.8 Å². The maximum Gasteiger partial charge on any atom is 0.185 e. The van der Waals surface area contributed by atoms with Gasteiger partial charge in [0.05, 0.1) is 18.8 Å². The first kappa shape index (κ1) is 23.3. The van der Waals surface area contributed by atoms with E-state index in [4.69, 9.17) is 15.2 Å². The van der Waals surface area contributed by atoms with E-state index < -0.39 is 0 Å². The summed E-state index contributed by atoms with van der Waals surface area (Å²) >= 11 is 0. The summed E-state index contributed by atoms with van der Waals surface area (Å²) in [5.41, 5.74) is 8.77. The summed E-state index contributed by atoms with van der Waals surface area (Å²) in [5.74, 6) is 1.39. The standard InChI is InChI=1S/C26H33NO3/c1-4-7-18-29-25-17-12-21(9-6-3)26(30-19-8-5-2)23(25)15-16-24(28)20-10-13-22(27)14-11-20/h6,10-17H,3-5,7-9,18-19,27H2,1-2H3/b16-15+. The van der Waals surface area contributed by atoms with Crippen molar-refractivity contribution in [1.29, 1.82) is 0 Å². The number of unbranched alkanes of at least 4 members (excludes halogenated alkanes) is 2. The molecule has 0 bridgehead atoms. The van der Waals surface area contributed by atoms with Crippen LogP contribution in [0.4, 0.5) is 5.69 Å². The highest BCUT2D eigenvalue weighted by Gasteiger charge is 2.14. The van der Waals surface area contributed by atoms with Crippen molar-refractivity contribution in [3.05, 3.63) is 71.8 Å². The Morgan fingerprint density at radius 3 is 2.30 bits per heavy atom. The minimum absolute atomic E-state index is 0.0943. The van der Waals surface area contributed by atoms with Gasteiger partial charge in [0.15, 0.2) is 5.78 Å². The monoisotopic (exact) mass is 407 g/mol. The van der Waals surface area contributed by atoms with Gasteiger partial charge in [0, 0.05) is 11.3 Å². The molecule has 0 aliphatic carbocycles. The van der Waals surface area contributed by atoms with Gasteiger partial charge < -0.3 is 15.2 Å². The topological polar surface area (TPSA) is 61.5 Å². The quantitative estimate of drug-likeness (QED) is 0.140. The molecule has 2 aromatic carbocycles. The highest BCUT2D eigenvalue weighted by Crippen LogP contribution is 2.35. The summed E-state index contributed by atoms with van der Waals surface area (Å²) in [4.78, 5) is 12.7. The molecule has 30 heavy (non-hydrogen) atoms. The molecule has 0 aliphatic heterocycles. The van der Waals surface area contributed by atoms with Crippen LogP contribution < -0.4 is 15.2 Å². The lowest BCUT2D eigenvalue weighted by Gasteiger charge is -2.17. The zero-order valence-corrected chi connectivity index (χ0v) is 18.2. The third-order valence-electron chi connectivity index (χ3n) is 4.70. The summed E-state index contributed by atoms with van der Waals surface area (Å²) in [5, 5.41) is 0. The third-order valence-corrected chi connectivity index (χ3v) is 4.70. The largest absolute Gasteiger partial charge is 0.493 e. The van der Waals surface area contributed by atoms with E-state index in [9.17, 15) is 4.79 Å². The normalized spacial score (nSPS) is 10.9. The fourth-order valence-electron chi connectivity index (χ4n) is 2.94. The Bertz CT molecular complexity index is 853. The number of ether oxygens (including phenoxy) is 2. The second-order valence-corrected chi connectivity index (χ2v) is 7.18. The smallest absolute Gasteiger partial charge is 0.185 e. The first-order valence-corrected chi connectivity index (χ1v) is 10.7. The second kappa shape index (κ2) is 12.5. The molecule has 0 unspecified atom stereocenters. The first-order chi connectivity index (χ1) is 14.6. The molecule has 160 valence electrons. The number of allylic oxidation sites excluding steroid dienone is 2. The number of ketones is 1. The van der Waals surface area contributed by atoms with Gasteiger partial charge in [-0.3, -0.25) is 4.79 Å². The molecule has 0 saturated heterocycles. The number of hydrogen-bond acceptors (Lipinski definition) is 4. The molecule has 0 aromatic heterocycles. The van der Waals surface area contributed by atoms with E-state index in [1.807, 2.05) is 18.2 Å². The van der Waals surface area contributed by atoms with E-state index in [0.717, 1.165) is 48.3 Å². The van der Waals surface area contributed by atoms with Crippen LogP contribution in [0.2, 0.25) is 0 Å².